The highest BCUT2D eigenvalue weighted by Gasteiger charge is 2.54. The second-order valence-electron chi connectivity index (χ2n) is 5.89. The molecule has 2 aromatic rings. The van der Waals surface area contributed by atoms with Gasteiger partial charge < -0.3 is 0 Å². The summed E-state index contributed by atoms with van der Waals surface area (Å²) in [6.07, 6.45) is 4.57. The van der Waals surface area contributed by atoms with E-state index in [9.17, 15) is 0 Å². The minimum atomic E-state index is 0.0334. The molecule has 0 saturated heterocycles. The fourth-order valence-electron chi connectivity index (χ4n) is 3.33. The number of para-hydroxylation sites is 1. The number of hydrogen-bond acceptors (Lipinski definition) is 2. The summed E-state index contributed by atoms with van der Waals surface area (Å²) in [6, 6.07) is 19.1. The normalized spacial score (nSPS) is 19.5. The molecular weight excluding hydrogens is 258 g/mol. The lowest BCUT2D eigenvalue weighted by Crippen LogP contribution is -2.41. The largest absolute Gasteiger partial charge is 0.268 e. The van der Waals surface area contributed by atoms with E-state index in [1.807, 2.05) is 6.07 Å². The summed E-state index contributed by atoms with van der Waals surface area (Å²) in [6.45, 7) is 2.83. The molecule has 4 rings (SSSR count). The zero-order valence-corrected chi connectivity index (χ0v) is 12.3. The molecule has 1 aliphatic heterocycles. The topological polar surface area (TPSA) is 12.5 Å². The number of rotatable bonds is 2. The molecule has 0 radical (unpaired) electrons. The maximum absolute atomic E-state index is 5.99. The third-order valence-corrected chi connectivity index (χ3v) is 4.53. The van der Waals surface area contributed by atoms with Crippen LogP contribution in [-0.2, 0) is 4.84 Å². The van der Waals surface area contributed by atoms with Crippen molar-refractivity contribution in [3.63, 3.8) is 0 Å². The molecule has 1 saturated carbocycles. The molecule has 0 bridgehead atoms. The molecule has 0 unspecified atom stereocenters. The summed E-state index contributed by atoms with van der Waals surface area (Å²) < 4.78 is 0. The van der Waals surface area contributed by atoms with Crippen molar-refractivity contribution in [2.45, 2.75) is 25.3 Å². The number of benzene rings is 2. The number of nitrogens with zero attached hydrogens (tertiary/aromatic N) is 1. The highest BCUT2D eigenvalue weighted by Crippen LogP contribution is 2.55. The van der Waals surface area contributed by atoms with Gasteiger partial charge in [-0.15, -0.1) is 0 Å². The monoisotopic (exact) mass is 277 g/mol. The average molecular weight is 277 g/mol. The van der Waals surface area contributed by atoms with Crippen LogP contribution in [-0.4, -0.2) is 12.1 Å². The van der Waals surface area contributed by atoms with E-state index in [0.29, 0.717) is 6.61 Å². The van der Waals surface area contributed by atoms with Crippen LogP contribution in [0.15, 0.2) is 60.7 Å². The third-order valence-electron chi connectivity index (χ3n) is 4.53. The van der Waals surface area contributed by atoms with Crippen LogP contribution in [0, 0.1) is 6.92 Å². The summed E-state index contributed by atoms with van der Waals surface area (Å²) in [4.78, 5) is 5.99. The minimum absolute atomic E-state index is 0.0334. The molecule has 0 amide bonds. The molecule has 1 aliphatic carbocycles. The van der Waals surface area contributed by atoms with E-state index >= 15 is 0 Å². The van der Waals surface area contributed by atoms with Gasteiger partial charge >= 0.3 is 0 Å². The quantitative estimate of drug-likeness (QED) is 0.808. The molecule has 1 spiro atoms. The van der Waals surface area contributed by atoms with Crippen LogP contribution in [0.3, 0.4) is 0 Å². The second kappa shape index (κ2) is 4.74. The van der Waals surface area contributed by atoms with Crippen LogP contribution in [0.4, 0.5) is 5.69 Å². The van der Waals surface area contributed by atoms with Crippen molar-refractivity contribution >= 4 is 11.3 Å². The summed E-state index contributed by atoms with van der Waals surface area (Å²) in [7, 11) is 0. The first-order chi connectivity index (χ1) is 10.3. The Labute approximate surface area is 125 Å². The first-order valence-corrected chi connectivity index (χ1v) is 7.56. The Balaban J connectivity index is 1.78. The van der Waals surface area contributed by atoms with Crippen molar-refractivity contribution in [1.82, 2.24) is 0 Å². The zero-order valence-electron chi connectivity index (χ0n) is 12.3. The lowest BCUT2D eigenvalue weighted by atomic mass is 9.91. The van der Waals surface area contributed by atoms with Crippen molar-refractivity contribution in [3.8, 4) is 0 Å². The lowest BCUT2D eigenvalue weighted by Gasteiger charge is -2.38. The van der Waals surface area contributed by atoms with E-state index in [1.165, 1.54) is 16.7 Å². The predicted molar refractivity (Wildman–Crippen MR) is 86.0 cm³/mol. The van der Waals surface area contributed by atoms with Gasteiger partial charge in [0.15, 0.2) is 0 Å². The van der Waals surface area contributed by atoms with E-state index in [0.717, 1.165) is 18.5 Å². The standard InChI is InChI=1S/C19H19NO/c1-15-7-5-6-10-17(15)18-11-14-21-20(19(18)12-13-19)16-8-3-2-4-9-16/h2-11H,12-14H2,1H3. The van der Waals surface area contributed by atoms with Crippen molar-refractivity contribution in [2.75, 3.05) is 11.7 Å². The molecule has 1 heterocycles. The van der Waals surface area contributed by atoms with E-state index in [-0.39, 0.29) is 5.54 Å². The van der Waals surface area contributed by atoms with E-state index in [4.69, 9.17) is 4.84 Å². The molecule has 1 fully saturated rings. The SMILES string of the molecule is Cc1ccccc1C1=CCON(c2ccccc2)C12CC2. The number of hydrogen-bond donors (Lipinski definition) is 0. The molecule has 2 nitrogen and oxygen atoms in total. The Morgan fingerprint density at radius 3 is 2.38 bits per heavy atom. The Bertz CT molecular complexity index is 686. The molecular formula is C19H19NO. The van der Waals surface area contributed by atoms with Crippen LogP contribution in [0.2, 0.25) is 0 Å². The van der Waals surface area contributed by atoms with E-state index in [1.54, 1.807) is 0 Å². The van der Waals surface area contributed by atoms with Gasteiger partial charge in [0.25, 0.3) is 0 Å². The molecule has 0 N–H and O–H groups in total. The minimum Gasteiger partial charge on any atom is -0.268 e. The molecule has 2 heteroatoms. The Hall–Kier alpha value is -2.06. The number of aryl methyl sites for hydroxylation is 1. The van der Waals surface area contributed by atoms with Crippen LogP contribution in [0.1, 0.15) is 24.0 Å². The fourth-order valence-corrected chi connectivity index (χ4v) is 3.33. The maximum Gasteiger partial charge on any atom is 0.0937 e. The summed E-state index contributed by atoms with van der Waals surface area (Å²) in [5, 5.41) is 2.13. The van der Waals surface area contributed by atoms with Gasteiger partial charge in [-0.05, 0) is 48.6 Å². The van der Waals surface area contributed by atoms with Crippen molar-refractivity contribution in [3.05, 3.63) is 71.8 Å². The predicted octanol–water partition coefficient (Wildman–Crippen LogP) is 4.36. The smallest absolute Gasteiger partial charge is 0.0937 e. The van der Waals surface area contributed by atoms with Gasteiger partial charge in [0.1, 0.15) is 0 Å². The molecule has 106 valence electrons. The molecule has 0 aromatic heterocycles. The van der Waals surface area contributed by atoms with E-state index < -0.39 is 0 Å². The Kier molecular flexibility index (Phi) is 2.86. The van der Waals surface area contributed by atoms with Gasteiger partial charge in [-0.1, -0.05) is 48.5 Å². The second-order valence-corrected chi connectivity index (χ2v) is 5.89. The van der Waals surface area contributed by atoms with Gasteiger partial charge in [-0.3, -0.25) is 4.84 Å². The van der Waals surface area contributed by atoms with Gasteiger partial charge in [0, 0.05) is 0 Å². The molecule has 21 heavy (non-hydrogen) atoms. The molecule has 2 aromatic carbocycles. The Morgan fingerprint density at radius 1 is 0.952 bits per heavy atom. The van der Waals surface area contributed by atoms with Gasteiger partial charge in [-0.2, -0.15) is 0 Å². The third kappa shape index (κ3) is 1.98. The van der Waals surface area contributed by atoms with Crippen LogP contribution in [0.5, 0.6) is 0 Å². The first-order valence-electron chi connectivity index (χ1n) is 7.56. The van der Waals surface area contributed by atoms with Crippen LogP contribution >= 0.6 is 0 Å². The van der Waals surface area contributed by atoms with Crippen molar-refractivity contribution in [1.29, 1.82) is 0 Å². The fraction of sp³-hybridized carbons (Fsp3) is 0.263. The summed E-state index contributed by atoms with van der Waals surface area (Å²) in [5.41, 5.74) is 5.31. The van der Waals surface area contributed by atoms with Crippen molar-refractivity contribution in [2.24, 2.45) is 0 Å². The lowest BCUT2D eigenvalue weighted by molar-refractivity contribution is 0.107. The van der Waals surface area contributed by atoms with Crippen LogP contribution < -0.4 is 5.06 Å². The number of anilines is 1. The average Bonchev–Trinajstić information content (AvgIpc) is 3.30. The van der Waals surface area contributed by atoms with Gasteiger partial charge in [0.2, 0.25) is 0 Å². The van der Waals surface area contributed by atoms with E-state index in [2.05, 4.69) is 66.6 Å². The highest BCUT2D eigenvalue weighted by atomic mass is 16.7. The Morgan fingerprint density at radius 2 is 1.67 bits per heavy atom. The summed E-state index contributed by atoms with van der Waals surface area (Å²) in [5.74, 6) is 0. The van der Waals surface area contributed by atoms with Gasteiger partial charge in [0.05, 0.1) is 17.8 Å². The molecule has 2 aliphatic rings. The van der Waals surface area contributed by atoms with Crippen LogP contribution in [0.25, 0.3) is 5.57 Å². The first kappa shape index (κ1) is 12.7. The maximum atomic E-state index is 5.99. The zero-order chi connectivity index (χ0) is 14.3. The van der Waals surface area contributed by atoms with Gasteiger partial charge in [-0.25, -0.2) is 5.06 Å². The summed E-state index contributed by atoms with van der Waals surface area (Å²) >= 11 is 0. The molecule has 0 atom stereocenters. The highest BCUT2D eigenvalue weighted by molar-refractivity contribution is 5.82. The number of hydroxylamine groups is 1. The van der Waals surface area contributed by atoms with Crippen molar-refractivity contribution < 1.29 is 4.84 Å².